The molecule has 3 nitrogen and oxygen atoms in total. The van der Waals surface area contributed by atoms with E-state index in [9.17, 15) is 4.79 Å². The van der Waals surface area contributed by atoms with Crippen LogP contribution in [0.15, 0.2) is 40.6 Å². The van der Waals surface area contributed by atoms with Crippen molar-refractivity contribution in [3.63, 3.8) is 0 Å². The molecule has 0 aliphatic heterocycles. The first kappa shape index (κ1) is 13.1. The molecule has 0 fully saturated rings. The summed E-state index contributed by atoms with van der Waals surface area (Å²) < 4.78 is 1.77. The number of nitrogens with zero attached hydrogens (tertiary/aromatic N) is 1. The van der Waals surface area contributed by atoms with Crippen LogP contribution in [0.4, 0.5) is 0 Å². The van der Waals surface area contributed by atoms with Crippen LogP contribution in [-0.4, -0.2) is 4.57 Å². The highest BCUT2D eigenvalue weighted by Crippen LogP contribution is 2.21. The Labute approximate surface area is 111 Å². The van der Waals surface area contributed by atoms with Gasteiger partial charge >= 0.3 is 0 Å². The fourth-order valence-corrected chi connectivity index (χ4v) is 2.67. The Bertz CT molecular complexity index is 559. The van der Waals surface area contributed by atoms with Crippen LogP contribution in [0.2, 0.25) is 0 Å². The standard InChI is InChI=1S/C14H18N2OS/c1-3-10(2)16-8-4-6-11(14(16)17)13(15)12-7-5-9-18-12/h4-10,13H,3,15H2,1-2H3. The van der Waals surface area contributed by atoms with Gasteiger partial charge in [0.25, 0.3) is 5.56 Å². The normalized spacial score (nSPS) is 14.4. The monoisotopic (exact) mass is 262 g/mol. The number of aromatic nitrogens is 1. The number of rotatable bonds is 4. The molecule has 0 aromatic carbocycles. The molecule has 2 unspecified atom stereocenters. The molecule has 2 heterocycles. The summed E-state index contributed by atoms with van der Waals surface area (Å²) in [6, 6.07) is 7.52. The Morgan fingerprint density at radius 2 is 2.17 bits per heavy atom. The Balaban J connectivity index is 2.43. The molecule has 96 valence electrons. The molecule has 0 aliphatic carbocycles. The van der Waals surface area contributed by atoms with E-state index in [0.29, 0.717) is 5.56 Å². The van der Waals surface area contributed by atoms with Crippen LogP contribution < -0.4 is 11.3 Å². The lowest BCUT2D eigenvalue weighted by Gasteiger charge is -2.16. The summed E-state index contributed by atoms with van der Waals surface area (Å²) in [6.45, 7) is 4.12. The van der Waals surface area contributed by atoms with Gasteiger partial charge in [0.1, 0.15) is 0 Å². The molecule has 2 rings (SSSR count). The van der Waals surface area contributed by atoms with Crippen molar-refractivity contribution in [1.82, 2.24) is 4.57 Å². The van der Waals surface area contributed by atoms with Gasteiger partial charge in [0.05, 0.1) is 6.04 Å². The molecule has 2 aromatic rings. The number of hydrogen-bond acceptors (Lipinski definition) is 3. The lowest BCUT2D eigenvalue weighted by atomic mass is 10.1. The largest absolute Gasteiger partial charge is 0.319 e. The highest BCUT2D eigenvalue weighted by Gasteiger charge is 2.16. The SMILES string of the molecule is CCC(C)n1cccc(C(N)c2cccs2)c1=O. The van der Waals surface area contributed by atoms with E-state index in [2.05, 4.69) is 6.92 Å². The van der Waals surface area contributed by atoms with E-state index < -0.39 is 0 Å². The summed E-state index contributed by atoms with van der Waals surface area (Å²) in [5.74, 6) is 0. The molecule has 18 heavy (non-hydrogen) atoms. The molecule has 4 heteroatoms. The minimum absolute atomic E-state index is 0.0211. The highest BCUT2D eigenvalue weighted by atomic mass is 32.1. The van der Waals surface area contributed by atoms with Gasteiger partial charge in [-0.2, -0.15) is 0 Å². The maximum atomic E-state index is 12.4. The van der Waals surface area contributed by atoms with E-state index >= 15 is 0 Å². The van der Waals surface area contributed by atoms with E-state index in [1.165, 1.54) is 0 Å². The smallest absolute Gasteiger partial charge is 0.255 e. The molecule has 2 N–H and O–H groups in total. The van der Waals surface area contributed by atoms with Gasteiger partial charge in [-0.05, 0) is 30.9 Å². The number of nitrogens with two attached hydrogens (primary N) is 1. The Hall–Kier alpha value is -1.39. The van der Waals surface area contributed by atoms with E-state index in [1.54, 1.807) is 15.9 Å². The number of hydrogen-bond donors (Lipinski definition) is 1. The van der Waals surface area contributed by atoms with Gasteiger partial charge in [-0.25, -0.2) is 0 Å². The minimum Gasteiger partial charge on any atom is -0.319 e. The van der Waals surface area contributed by atoms with Gasteiger partial charge in [0, 0.05) is 22.7 Å². The topological polar surface area (TPSA) is 48.0 Å². The second-order valence-electron chi connectivity index (χ2n) is 4.43. The van der Waals surface area contributed by atoms with Gasteiger partial charge < -0.3 is 10.3 Å². The van der Waals surface area contributed by atoms with Crippen molar-refractivity contribution in [2.45, 2.75) is 32.4 Å². The molecular formula is C14H18N2OS. The summed E-state index contributed by atoms with van der Waals surface area (Å²) in [6.07, 6.45) is 2.76. The molecule has 0 radical (unpaired) electrons. The Kier molecular flexibility index (Phi) is 3.99. The van der Waals surface area contributed by atoms with Crippen molar-refractivity contribution < 1.29 is 0 Å². The Morgan fingerprint density at radius 1 is 1.39 bits per heavy atom. The molecular weight excluding hydrogens is 244 g/mol. The third kappa shape index (κ3) is 2.40. The lowest BCUT2D eigenvalue weighted by molar-refractivity contribution is 0.509. The second-order valence-corrected chi connectivity index (χ2v) is 5.41. The zero-order valence-electron chi connectivity index (χ0n) is 10.7. The van der Waals surface area contributed by atoms with E-state index in [0.717, 1.165) is 11.3 Å². The van der Waals surface area contributed by atoms with Crippen LogP contribution in [-0.2, 0) is 0 Å². The average Bonchev–Trinajstić information content (AvgIpc) is 2.91. The minimum atomic E-state index is -0.325. The van der Waals surface area contributed by atoms with Gasteiger partial charge in [-0.3, -0.25) is 4.79 Å². The van der Waals surface area contributed by atoms with Crippen LogP contribution in [0.3, 0.4) is 0 Å². The van der Waals surface area contributed by atoms with Crippen LogP contribution >= 0.6 is 11.3 Å². The predicted molar refractivity (Wildman–Crippen MR) is 76.1 cm³/mol. The van der Waals surface area contributed by atoms with E-state index in [4.69, 9.17) is 5.73 Å². The van der Waals surface area contributed by atoms with Crippen LogP contribution in [0, 0.1) is 0 Å². The molecule has 0 saturated heterocycles. The first-order valence-corrected chi connectivity index (χ1v) is 7.03. The summed E-state index contributed by atoms with van der Waals surface area (Å²) in [5.41, 5.74) is 6.86. The van der Waals surface area contributed by atoms with Crippen molar-refractivity contribution in [2.75, 3.05) is 0 Å². The van der Waals surface area contributed by atoms with Crippen molar-refractivity contribution in [3.05, 3.63) is 56.6 Å². The number of pyridine rings is 1. The molecule has 0 saturated carbocycles. The average molecular weight is 262 g/mol. The van der Waals surface area contributed by atoms with Gasteiger partial charge in [-0.1, -0.05) is 19.1 Å². The van der Waals surface area contributed by atoms with Crippen LogP contribution in [0.5, 0.6) is 0 Å². The second kappa shape index (κ2) is 5.50. The first-order valence-electron chi connectivity index (χ1n) is 6.15. The summed E-state index contributed by atoms with van der Waals surface area (Å²) in [7, 11) is 0. The first-order chi connectivity index (χ1) is 8.65. The predicted octanol–water partition coefficient (Wildman–Crippen LogP) is 2.93. The zero-order chi connectivity index (χ0) is 13.1. The van der Waals surface area contributed by atoms with Gasteiger partial charge in [-0.15, -0.1) is 11.3 Å². The summed E-state index contributed by atoms with van der Waals surface area (Å²) >= 11 is 1.58. The highest BCUT2D eigenvalue weighted by molar-refractivity contribution is 7.10. The fraction of sp³-hybridized carbons (Fsp3) is 0.357. The summed E-state index contributed by atoms with van der Waals surface area (Å²) in [5, 5.41) is 1.98. The summed E-state index contributed by atoms with van der Waals surface area (Å²) in [4.78, 5) is 13.4. The molecule has 2 aromatic heterocycles. The van der Waals surface area contributed by atoms with Crippen molar-refractivity contribution >= 4 is 11.3 Å². The lowest BCUT2D eigenvalue weighted by Crippen LogP contribution is -2.29. The quantitative estimate of drug-likeness (QED) is 0.921. The third-order valence-corrected chi connectivity index (χ3v) is 4.21. The maximum absolute atomic E-state index is 12.4. The molecule has 0 bridgehead atoms. The van der Waals surface area contributed by atoms with Gasteiger partial charge in [0.15, 0.2) is 0 Å². The molecule has 0 amide bonds. The zero-order valence-corrected chi connectivity index (χ0v) is 11.5. The van der Waals surface area contributed by atoms with Crippen molar-refractivity contribution in [2.24, 2.45) is 5.73 Å². The molecule has 2 atom stereocenters. The van der Waals surface area contributed by atoms with E-state index in [-0.39, 0.29) is 17.6 Å². The van der Waals surface area contributed by atoms with Gasteiger partial charge in [0.2, 0.25) is 0 Å². The van der Waals surface area contributed by atoms with E-state index in [1.807, 2.05) is 42.8 Å². The fourth-order valence-electron chi connectivity index (χ4n) is 1.93. The van der Waals surface area contributed by atoms with Crippen molar-refractivity contribution in [3.8, 4) is 0 Å². The molecule has 0 aliphatic rings. The van der Waals surface area contributed by atoms with Crippen LogP contribution in [0.25, 0.3) is 0 Å². The van der Waals surface area contributed by atoms with Crippen molar-refractivity contribution in [1.29, 1.82) is 0 Å². The maximum Gasteiger partial charge on any atom is 0.255 e. The Morgan fingerprint density at radius 3 is 2.78 bits per heavy atom. The van der Waals surface area contributed by atoms with Crippen LogP contribution in [0.1, 0.15) is 42.8 Å². The molecule has 0 spiro atoms. The third-order valence-electron chi connectivity index (χ3n) is 3.25. The number of thiophene rings is 1.